The van der Waals surface area contributed by atoms with E-state index in [-0.39, 0.29) is 22.3 Å². The van der Waals surface area contributed by atoms with Gasteiger partial charge >= 0.3 is 0 Å². The van der Waals surface area contributed by atoms with Crippen LogP contribution in [0.5, 0.6) is 0 Å². The molecule has 0 saturated heterocycles. The lowest BCUT2D eigenvalue weighted by atomic mass is 10.2. The van der Waals surface area contributed by atoms with Crippen LogP contribution in [0.15, 0.2) is 12.1 Å². The Morgan fingerprint density at radius 3 is 2.54 bits per heavy atom. The fraction of sp³-hybridized carbons (Fsp3) is 0.143. The molecule has 1 aromatic rings. The van der Waals surface area contributed by atoms with Crippen LogP contribution in [0.25, 0.3) is 0 Å². The van der Waals surface area contributed by atoms with Gasteiger partial charge in [-0.15, -0.1) is 0 Å². The van der Waals surface area contributed by atoms with Crippen molar-refractivity contribution in [3.8, 4) is 0 Å². The number of nitro benzene ring substituents is 1. The van der Waals surface area contributed by atoms with E-state index in [9.17, 15) is 10.1 Å². The Labute approximate surface area is 83.9 Å². The molecule has 1 N–H and O–H groups in total. The summed E-state index contributed by atoms with van der Waals surface area (Å²) in [6.07, 6.45) is 0. The van der Waals surface area contributed by atoms with Crippen LogP contribution >= 0.6 is 23.2 Å². The molecule has 0 aliphatic heterocycles. The van der Waals surface area contributed by atoms with Crippen molar-refractivity contribution in [2.45, 2.75) is 6.61 Å². The number of nitro groups is 1. The van der Waals surface area contributed by atoms with Crippen LogP contribution in [0.1, 0.15) is 5.56 Å². The Kier molecular flexibility index (Phi) is 3.08. The number of rotatable bonds is 2. The summed E-state index contributed by atoms with van der Waals surface area (Å²) < 4.78 is 0. The van der Waals surface area contributed by atoms with Gasteiger partial charge in [0, 0.05) is 6.07 Å². The highest BCUT2D eigenvalue weighted by molar-refractivity contribution is 6.43. The third kappa shape index (κ3) is 2.09. The first-order chi connectivity index (χ1) is 6.06. The monoisotopic (exact) mass is 221 g/mol. The third-order valence-corrected chi connectivity index (χ3v) is 2.24. The first-order valence-corrected chi connectivity index (χ1v) is 4.05. The Hall–Kier alpha value is -0.840. The quantitative estimate of drug-likeness (QED) is 0.617. The number of nitrogens with zero attached hydrogens (tertiary/aromatic N) is 1. The van der Waals surface area contributed by atoms with Crippen molar-refractivity contribution < 1.29 is 10.0 Å². The second kappa shape index (κ2) is 3.91. The van der Waals surface area contributed by atoms with Crippen LogP contribution in [0, 0.1) is 10.1 Å². The molecule has 0 aliphatic rings. The third-order valence-electron chi connectivity index (χ3n) is 1.45. The van der Waals surface area contributed by atoms with Crippen molar-refractivity contribution in [2.75, 3.05) is 0 Å². The minimum atomic E-state index is -0.645. The molecule has 4 nitrogen and oxygen atoms in total. The Bertz CT molecular complexity index is 354. The molecule has 0 aromatic heterocycles. The highest BCUT2D eigenvalue weighted by Gasteiger charge is 2.16. The summed E-state index contributed by atoms with van der Waals surface area (Å²) in [4.78, 5) is 9.78. The predicted molar refractivity (Wildman–Crippen MR) is 49.0 cm³/mol. The molecule has 0 spiro atoms. The zero-order valence-corrected chi connectivity index (χ0v) is 7.84. The molecule has 0 amide bonds. The molecule has 0 unspecified atom stereocenters. The minimum absolute atomic E-state index is 0.0694. The van der Waals surface area contributed by atoms with E-state index in [1.165, 1.54) is 12.1 Å². The van der Waals surface area contributed by atoms with Gasteiger partial charge < -0.3 is 5.11 Å². The van der Waals surface area contributed by atoms with Gasteiger partial charge in [-0.05, 0) is 11.6 Å². The number of hydrogen-bond donors (Lipinski definition) is 1. The minimum Gasteiger partial charge on any atom is -0.392 e. The van der Waals surface area contributed by atoms with Crippen LogP contribution in [0.3, 0.4) is 0 Å². The van der Waals surface area contributed by atoms with Crippen LogP contribution in [0.4, 0.5) is 5.69 Å². The van der Waals surface area contributed by atoms with Gasteiger partial charge in [-0.2, -0.15) is 0 Å². The van der Waals surface area contributed by atoms with Gasteiger partial charge in [-0.3, -0.25) is 10.1 Å². The average Bonchev–Trinajstić information content (AvgIpc) is 2.09. The second-order valence-electron chi connectivity index (χ2n) is 2.33. The van der Waals surface area contributed by atoms with Gasteiger partial charge in [0.1, 0.15) is 5.02 Å². The topological polar surface area (TPSA) is 63.4 Å². The number of benzene rings is 1. The van der Waals surface area contributed by atoms with Gasteiger partial charge in [-0.25, -0.2) is 0 Å². The Morgan fingerprint density at radius 1 is 1.46 bits per heavy atom. The highest BCUT2D eigenvalue weighted by atomic mass is 35.5. The van der Waals surface area contributed by atoms with Crippen LogP contribution in [-0.2, 0) is 6.61 Å². The van der Waals surface area contributed by atoms with Gasteiger partial charge in [0.2, 0.25) is 0 Å². The van der Waals surface area contributed by atoms with E-state index in [1.807, 2.05) is 0 Å². The summed E-state index contributed by atoms with van der Waals surface area (Å²) in [7, 11) is 0. The normalized spacial score (nSPS) is 10.1. The Balaban J connectivity index is 3.33. The predicted octanol–water partition coefficient (Wildman–Crippen LogP) is 2.39. The van der Waals surface area contributed by atoms with Crippen LogP contribution in [0.2, 0.25) is 10.0 Å². The fourth-order valence-electron chi connectivity index (χ4n) is 0.853. The van der Waals surface area contributed by atoms with Crippen molar-refractivity contribution in [2.24, 2.45) is 0 Å². The lowest BCUT2D eigenvalue weighted by Crippen LogP contribution is -1.92. The maximum absolute atomic E-state index is 10.4. The van der Waals surface area contributed by atoms with Crippen molar-refractivity contribution in [3.05, 3.63) is 37.9 Å². The van der Waals surface area contributed by atoms with Crippen LogP contribution < -0.4 is 0 Å². The summed E-state index contributed by atoms with van der Waals surface area (Å²) in [5, 5.41) is 19.1. The lowest BCUT2D eigenvalue weighted by molar-refractivity contribution is -0.384. The summed E-state index contributed by atoms with van der Waals surface area (Å²) in [5.74, 6) is 0. The van der Waals surface area contributed by atoms with Gasteiger partial charge in [0.15, 0.2) is 0 Å². The summed E-state index contributed by atoms with van der Waals surface area (Å²) >= 11 is 11.2. The molecule has 0 heterocycles. The van der Waals surface area contributed by atoms with Crippen molar-refractivity contribution >= 4 is 28.9 Å². The van der Waals surface area contributed by atoms with Crippen LogP contribution in [-0.4, -0.2) is 10.0 Å². The zero-order chi connectivity index (χ0) is 10.0. The Morgan fingerprint density at radius 2 is 2.08 bits per heavy atom. The maximum Gasteiger partial charge on any atom is 0.289 e. The van der Waals surface area contributed by atoms with E-state index in [0.717, 1.165) is 0 Å². The highest BCUT2D eigenvalue weighted by Crippen LogP contribution is 2.32. The molecule has 70 valence electrons. The SMILES string of the molecule is O=[N+]([O-])c1cc(CO)cc(Cl)c1Cl. The molecule has 6 heteroatoms. The molecule has 1 aromatic carbocycles. The first-order valence-electron chi connectivity index (χ1n) is 3.29. The van der Waals surface area contributed by atoms with E-state index in [2.05, 4.69) is 0 Å². The van der Waals surface area contributed by atoms with E-state index in [0.29, 0.717) is 5.56 Å². The molecular formula is C7H5Cl2NO3. The van der Waals surface area contributed by atoms with E-state index in [4.69, 9.17) is 28.3 Å². The molecular weight excluding hydrogens is 217 g/mol. The van der Waals surface area contributed by atoms with E-state index < -0.39 is 4.92 Å². The van der Waals surface area contributed by atoms with E-state index >= 15 is 0 Å². The number of aliphatic hydroxyl groups is 1. The summed E-state index contributed by atoms with van der Waals surface area (Å²) in [6.45, 7) is -0.308. The van der Waals surface area contributed by atoms with E-state index in [1.54, 1.807) is 0 Å². The molecule has 0 aliphatic carbocycles. The maximum atomic E-state index is 10.4. The van der Waals surface area contributed by atoms with Crippen molar-refractivity contribution in [3.63, 3.8) is 0 Å². The zero-order valence-electron chi connectivity index (χ0n) is 6.33. The molecule has 1 rings (SSSR count). The van der Waals surface area contributed by atoms with Crippen molar-refractivity contribution in [1.29, 1.82) is 0 Å². The average molecular weight is 222 g/mol. The van der Waals surface area contributed by atoms with Gasteiger partial charge in [-0.1, -0.05) is 23.2 Å². The largest absolute Gasteiger partial charge is 0.392 e. The molecule has 0 atom stereocenters. The number of aliphatic hydroxyl groups excluding tert-OH is 1. The molecule has 13 heavy (non-hydrogen) atoms. The molecule has 0 saturated carbocycles. The second-order valence-corrected chi connectivity index (χ2v) is 3.11. The van der Waals surface area contributed by atoms with Crippen molar-refractivity contribution in [1.82, 2.24) is 0 Å². The lowest BCUT2D eigenvalue weighted by Gasteiger charge is -2.00. The number of hydrogen-bond acceptors (Lipinski definition) is 3. The van der Waals surface area contributed by atoms with Gasteiger partial charge in [0.05, 0.1) is 16.6 Å². The molecule has 0 radical (unpaired) electrons. The smallest absolute Gasteiger partial charge is 0.289 e. The molecule has 0 fully saturated rings. The fourth-order valence-corrected chi connectivity index (χ4v) is 1.27. The molecule has 0 bridgehead atoms. The summed E-state index contributed by atoms with van der Waals surface area (Å²) in [6, 6.07) is 2.57. The first kappa shape index (κ1) is 10.2. The standard InChI is InChI=1S/C7H5Cl2NO3/c8-5-1-4(3-11)2-6(7(5)9)10(12)13/h1-2,11H,3H2. The van der Waals surface area contributed by atoms with Gasteiger partial charge in [0.25, 0.3) is 5.69 Å². The summed E-state index contributed by atoms with van der Waals surface area (Å²) in [5.41, 5.74) is 0.0688. The number of halogens is 2.